The highest BCUT2D eigenvalue weighted by Gasteiger charge is 2.19. The maximum Gasteiger partial charge on any atom is 0.241 e. The van der Waals surface area contributed by atoms with Gasteiger partial charge in [0.1, 0.15) is 0 Å². The van der Waals surface area contributed by atoms with Crippen molar-refractivity contribution in [1.82, 2.24) is 20.2 Å². The molecule has 8 heteroatoms. The Kier molecular flexibility index (Phi) is 4.71. The van der Waals surface area contributed by atoms with Crippen LogP contribution in [0.15, 0.2) is 27.6 Å². The molecule has 0 fully saturated rings. The smallest absolute Gasteiger partial charge is 0.241 e. The lowest BCUT2D eigenvalue weighted by atomic mass is 10.1. The monoisotopic (exact) mass is 310 g/mol. The molecule has 0 saturated heterocycles. The van der Waals surface area contributed by atoms with Crippen molar-refractivity contribution in [1.29, 1.82) is 0 Å². The van der Waals surface area contributed by atoms with E-state index in [1.807, 2.05) is 13.1 Å². The molecular weight excluding hydrogens is 292 g/mol. The minimum Gasteiger partial charge on any atom is -0.340 e. The van der Waals surface area contributed by atoms with Crippen LogP contribution in [0.5, 0.6) is 0 Å². The Balaban J connectivity index is 2.21. The Hall–Kier alpha value is -1.77. The molecule has 1 heterocycles. The van der Waals surface area contributed by atoms with E-state index in [9.17, 15) is 8.42 Å². The Morgan fingerprint density at radius 1 is 1.24 bits per heavy atom. The van der Waals surface area contributed by atoms with Crippen molar-refractivity contribution in [3.63, 3.8) is 0 Å². The summed E-state index contributed by atoms with van der Waals surface area (Å²) in [6.07, 6.45) is 0. The van der Waals surface area contributed by atoms with E-state index in [0.29, 0.717) is 18.3 Å². The minimum absolute atomic E-state index is 0.00459. The summed E-state index contributed by atoms with van der Waals surface area (Å²) in [6, 6.07) is 5.21. The van der Waals surface area contributed by atoms with Gasteiger partial charge in [0, 0.05) is 13.5 Å². The molecule has 0 amide bonds. The molecule has 0 aliphatic rings. The fourth-order valence-corrected chi connectivity index (χ4v) is 3.25. The highest BCUT2D eigenvalue weighted by atomic mass is 32.2. The Bertz CT molecular complexity index is 725. The molecule has 0 radical (unpaired) electrons. The fourth-order valence-electron chi connectivity index (χ4n) is 1.98. The van der Waals surface area contributed by atoms with Crippen LogP contribution in [0, 0.1) is 13.8 Å². The number of hydrogen-bond donors (Lipinski definition) is 2. The highest BCUT2D eigenvalue weighted by molar-refractivity contribution is 7.89. The lowest BCUT2D eigenvalue weighted by Gasteiger charge is -2.12. The number of benzene rings is 1. The van der Waals surface area contributed by atoms with Crippen molar-refractivity contribution >= 4 is 10.0 Å². The zero-order valence-electron chi connectivity index (χ0n) is 12.2. The van der Waals surface area contributed by atoms with Gasteiger partial charge in [0.05, 0.1) is 11.4 Å². The van der Waals surface area contributed by atoms with E-state index in [1.165, 1.54) is 0 Å². The predicted molar refractivity (Wildman–Crippen MR) is 77.0 cm³/mol. The zero-order chi connectivity index (χ0) is 15.5. The molecule has 2 N–H and O–H groups in total. The van der Waals surface area contributed by atoms with Gasteiger partial charge in [-0.3, -0.25) is 0 Å². The number of sulfonamides is 1. The molecule has 2 aromatic rings. The van der Waals surface area contributed by atoms with Gasteiger partial charge in [0.25, 0.3) is 0 Å². The fraction of sp³-hybridized carbons (Fsp3) is 0.385. The van der Waals surface area contributed by atoms with Crippen LogP contribution < -0.4 is 10.0 Å². The molecule has 1 aromatic carbocycles. The molecule has 7 nitrogen and oxygen atoms in total. The average Bonchev–Trinajstić information content (AvgIpc) is 2.85. The van der Waals surface area contributed by atoms with Crippen molar-refractivity contribution in [2.75, 3.05) is 7.05 Å². The number of hydrogen-bond acceptors (Lipinski definition) is 6. The molecular formula is C13H18N4O3S. The zero-order valence-corrected chi connectivity index (χ0v) is 13.0. The number of nitrogens with one attached hydrogen (secondary N) is 2. The normalized spacial score (nSPS) is 11.8. The first-order chi connectivity index (χ1) is 9.94. The van der Waals surface area contributed by atoms with E-state index in [4.69, 9.17) is 4.52 Å². The summed E-state index contributed by atoms with van der Waals surface area (Å²) < 4.78 is 32.0. The van der Waals surface area contributed by atoms with Gasteiger partial charge in [0.15, 0.2) is 5.82 Å². The van der Waals surface area contributed by atoms with E-state index >= 15 is 0 Å². The second kappa shape index (κ2) is 6.33. The van der Waals surface area contributed by atoms with Crippen molar-refractivity contribution in [3.8, 4) is 0 Å². The van der Waals surface area contributed by atoms with Gasteiger partial charge in [0.2, 0.25) is 15.9 Å². The second-order valence-corrected chi connectivity index (χ2v) is 6.36. The minimum atomic E-state index is -3.62. The second-order valence-electron chi connectivity index (χ2n) is 4.62. The lowest BCUT2D eigenvalue weighted by molar-refractivity contribution is 0.387. The summed E-state index contributed by atoms with van der Waals surface area (Å²) in [5.74, 6) is 0.705. The molecule has 0 atom stereocenters. The van der Waals surface area contributed by atoms with Crippen molar-refractivity contribution in [3.05, 3.63) is 41.0 Å². The number of aryl methyl sites for hydroxylation is 1. The summed E-state index contributed by atoms with van der Waals surface area (Å²) in [5, 5.41) is 6.68. The van der Waals surface area contributed by atoms with Crippen LogP contribution in [-0.2, 0) is 23.1 Å². The topological polar surface area (TPSA) is 97.1 Å². The number of rotatable bonds is 6. The van der Waals surface area contributed by atoms with Gasteiger partial charge in [-0.15, -0.1) is 0 Å². The van der Waals surface area contributed by atoms with Gasteiger partial charge in [-0.05, 0) is 31.2 Å². The van der Waals surface area contributed by atoms with Crippen LogP contribution in [0.3, 0.4) is 0 Å². The van der Waals surface area contributed by atoms with E-state index in [2.05, 4.69) is 20.2 Å². The van der Waals surface area contributed by atoms with Gasteiger partial charge in [-0.2, -0.15) is 4.98 Å². The van der Waals surface area contributed by atoms with Crippen LogP contribution in [0.2, 0.25) is 0 Å². The first-order valence-electron chi connectivity index (χ1n) is 6.46. The third-order valence-corrected chi connectivity index (χ3v) is 4.59. The van der Waals surface area contributed by atoms with E-state index < -0.39 is 10.0 Å². The summed E-state index contributed by atoms with van der Waals surface area (Å²) >= 11 is 0. The average molecular weight is 310 g/mol. The van der Waals surface area contributed by atoms with Crippen LogP contribution in [0.4, 0.5) is 0 Å². The molecule has 0 spiro atoms. The van der Waals surface area contributed by atoms with E-state index in [1.54, 1.807) is 26.0 Å². The summed E-state index contributed by atoms with van der Waals surface area (Å²) in [7, 11) is -1.80. The third-order valence-electron chi connectivity index (χ3n) is 3.04. The first-order valence-corrected chi connectivity index (χ1v) is 7.94. The molecule has 0 aliphatic carbocycles. The molecule has 2 rings (SSSR count). The van der Waals surface area contributed by atoms with Crippen molar-refractivity contribution in [2.24, 2.45) is 0 Å². The van der Waals surface area contributed by atoms with Crippen LogP contribution in [0.25, 0.3) is 0 Å². The lowest BCUT2D eigenvalue weighted by Crippen LogP contribution is -2.25. The quantitative estimate of drug-likeness (QED) is 0.822. The standard InChI is InChI=1S/C13H18N4O3S/c1-9-11(7-14-3)5-4-6-12(9)21(18,19)15-8-13-16-10(2)20-17-13/h4-6,14-15H,7-8H2,1-3H3. The van der Waals surface area contributed by atoms with Crippen LogP contribution >= 0.6 is 0 Å². The maximum absolute atomic E-state index is 12.4. The molecule has 0 bridgehead atoms. The van der Waals surface area contributed by atoms with Gasteiger partial charge in [-0.25, -0.2) is 13.1 Å². The maximum atomic E-state index is 12.4. The first kappa shape index (κ1) is 15.6. The SMILES string of the molecule is CNCc1cccc(S(=O)(=O)NCc2noc(C)n2)c1C. The summed E-state index contributed by atoms with van der Waals surface area (Å²) in [4.78, 5) is 4.22. The van der Waals surface area contributed by atoms with Gasteiger partial charge in [-0.1, -0.05) is 17.3 Å². The number of nitrogens with zero attached hydrogens (tertiary/aromatic N) is 2. The van der Waals surface area contributed by atoms with Crippen molar-refractivity contribution < 1.29 is 12.9 Å². The molecule has 0 aliphatic heterocycles. The molecule has 1 aromatic heterocycles. The van der Waals surface area contributed by atoms with E-state index in [-0.39, 0.29) is 11.4 Å². The van der Waals surface area contributed by atoms with Crippen LogP contribution in [-0.4, -0.2) is 25.6 Å². The summed E-state index contributed by atoms with van der Waals surface area (Å²) in [6.45, 7) is 4.05. The van der Waals surface area contributed by atoms with Crippen LogP contribution in [0.1, 0.15) is 22.8 Å². The third kappa shape index (κ3) is 3.66. The predicted octanol–water partition coefficient (Wildman–Crippen LogP) is 0.884. The van der Waals surface area contributed by atoms with Gasteiger partial charge >= 0.3 is 0 Å². The highest BCUT2D eigenvalue weighted by Crippen LogP contribution is 2.19. The number of aromatic nitrogens is 2. The molecule has 0 saturated carbocycles. The van der Waals surface area contributed by atoms with E-state index in [0.717, 1.165) is 11.1 Å². The van der Waals surface area contributed by atoms with Gasteiger partial charge < -0.3 is 9.84 Å². The molecule has 114 valence electrons. The molecule has 21 heavy (non-hydrogen) atoms. The largest absolute Gasteiger partial charge is 0.340 e. The Morgan fingerprint density at radius 3 is 2.62 bits per heavy atom. The Morgan fingerprint density at radius 2 is 2.00 bits per heavy atom. The molecule has 0 unspecified atom stereocenters. The van der Waals surface area contributed by atoms with Crippen molar-refractivity contribution in [2.45, 2.75) is 31.8 Å². The summed E-state index contributed by atoms with van der Waals surface area (Å²) in [5.41, 5.74) is 1.67. The Labute approximate surface area is 123 Å².